The minimum Gasteiger partial charge on any atom is -0.492 e. The average molecular weight is 544 g/mol. The molecule has 2 amide bonds. The zero-order valence-electron chi connectivity index (χ0n) is 22.6. The fraction of sp³-hybridized carbons (Fsp3) is 0.310. The second kappa shape index (κ2) is 12.5. The summed E-state index contributed by atoms with van der Waals surface area (Å²) >= 11 is 0. The van der Waals surface area contributed by atoms with E-state index in [0.717, 1.165) is 28.9 Å². The highest BCUT2D eigenvalue weighted by Crippen LogP contribution is 2.33. The third-order valence-electron chi connectivity index (χ3n) is 6.70. The third-order valence-corrected chi connectivity index (χ3v) is 6.70. The highest BCUT2D eigenvalue weighted by Gasteiger charge is 2.27. The number of benzene rings is 2. The van der Waals surface area contributed by atoms with Gasteiger partial charge in [0.2, 0.25) is 5.91 Å². The van der Waals surface area contributed by atoms with E-state index in [1.165, 1.54) is 0 Å². The van der Waals surface area contributed by atoms with Crippen LogP contribution in [0.15, 0.2) is 61.3 Å². The van der Waals surface area contributed by atoms with E-state index < -0.39 is 5.92 Å². The van der Waals surface area contributed by atoms with E-state index >= 15 is 0 Å². The molecule has 0 saturated carbocycles. The maximum absolute atomic E-state index is 13.3. The maximum atomic E-state index is 13.3. The number of imidazole rings is 1. The lowest BCUT2D eigenvalue weighted by molar-refractivity contribution is -0.121. The number of hydrogen-bond donors (Lipinski definition) is 4. The molecule has 1 unspecified atom stereocenters. The molecule has 2 aromatic heterocycles. The number of aromatic nitrogens is 4. The Kier molecular flexibility index (Phi) is 8.41. The van der Waals surface area contributed by atoms with E-state index in [2.05, 4.69) is 30.8 Å². The van der Waals surface area contributed by atoms with Crippen molar-refractivity contribution in [3.63, 3.8) is 0 Å². The van der Waals surface area contributed by atoms with Crippen molar-refractivity contribution in [3.8, 4) is 22.6 Å². The van der Waals surface area contributed by atoms with Crippen molar-refractivity contribution < 1.29 is 19.1 Å². The molecule has 11 heteroatoms. The molecule has 3 heterocycles. The van der Waals surface area contributed by atoms with Crippen LogP contribution in [0.2, 0.25) is 0 Å². The van der Waals surface area contributed by atoms with Gasteiger partial charge in [0.05, 0.1) is 24.1 Å². The van der Waals surface area contributed by atoms with Crippen LogP contribution >= 0.6 is 0 Å². The molecule has 0 radical (unpaired) electrons. The minimum atomic E-state index is -0.422. The summed E-state index contributed by atoms with van der Waals surface area (Å²) in [6.07, 6.45) is 8.01. The summed E-state index contributed by atoms with van der Waals surface area (Å²) in [6.45, 7) is 1.93. The molecule has 0 bridgehead atoms. The number of H-pyrrole nitrogens is 2. The molecule has 11 nitrogen and oxygen atoms in total. The number of anilines is 1. The summed E-state index contributed by atoms with van der Waals surface area (Å²) in [5.41, 5.74) is 4.75. The molecule has 4 N–H and O–H groups in total. The van der Waals surface area contributed by atoms with Crippen molar-refractivity contribution in [1.82, 2.24) is 30.4 Å². The van der Waals surface area contributed by atoms with Crippen LogP contribution in [0, 0.1) is 5.92 Å². The van der Waals surface area contributed by atoms with Gasteiger partial charge in [0.15, 0.2) is 0 Å². The Morgan fingerprint density at radius 3 is 2.83 bits per heavy atom. The number of carbonyl (C=O) groups excluding carboxylic acids is 2. The molecule has 1 atom stereocenters. The molecule has 0 fully saturated rings. The Morgan fingerprint density at radius 2 is 2.05 bits per heavy atom. The van der Waals surface area contributed by atoms with Crippen LogP contribution in [-0.4, -0.2) is 77.3 Å². The van der Waals surface area contributed by atoms with Gasteiger partial charge >= 0.3 is 0 Å². The van der Waals surface area contributed by atoms with Crippen molar-refractivity contribution >= 4 is 17.5 Å². The molecule has 0 aliphatic carbocycles. The first kappa shape index (κ1) is 26.9. The number of nitrogens with zero attached hydrogens (tertiary/aromatic N) is 3. The van der Waals surface area contributed by atoms with Crippen LogP contribution in [-0.2, 0) is 17.6 Å². The van der Waals surface area contributed by atoms with E-state index in [4.69, 9.17) is 9.47 Å². The summed E-state index contributed by atoms with van der Waals surface area (Å²) < 4.78 is 12.0. The fourth-order valence-corrected chi connectivity index (χ4v) is 4.44. The predicted molar refractivity (Wildman–Crippen MR) is 150 cm³/mol. The zero-order valence-corrected chi connectivity index (χ0v) is 22.6. The Balaban J connectivity index is 1.24. The van der Waals surface area contributed by atoms with Crippen LogP contribution in [0.5, 0.6) is 11.5 Å². The van der Waals surface area contributed by atoms with E-state index in [0.29, 0.717) is 48.7 Å². The molecule has 208 valence electrons. The van der Waals surface area contributed by atoms with Crippen LogP contribution in [0.1, 0.15) is 21.6 Å². The van der Waals surface area contributed by atoms with Gasteiger partial charge in [-0.1, -0.05) is 6.07 Å². The van der Waals surface area contributed by atoms with Gasteiger partial charge in [0.1, 0.15) is 24.7 Å². The smallest absolute Gasteiger partial charge is 0.251 e. The molecule has 0 saturated heterocycles. The first-order chi connectivity index (χ1) is 19.5. The number of ether oxygens (including phenoxy) is 2. The number of nitrogens with one attached hydrogen (secondary N) is 4. The molecule has 2 aromatic carbocycles. The highest BCUT2D eigenvalue weighted by atomic mass is 16.5. The topological polar surface area (TPSA) is 137 Å². The molecular weight excluding hydrogens is 510 g/mol. The van der Waals surface area contributed by atoms with E-state index in [-0.39, 0.29) is 18.4 Å². The standard InChI is InChI=1S/C29H33N7O4/c1-36(2)9-10-39-27-13-19(23-14-33-34-15-23)3-5-25(27)35-29(38)22-12-21-11-20(4-6-26(21)40-17-22)28(37)31-8-7-24-16-30-18-32-24/h3-6,11,13-16,18,22H,7-10,12,17H2,1-2H3,(H,30,32)(H,31,37)(H,33,34)(H,35,38). The van der Waals surface area contributed by atoms with Crippen LogP contribution < -0.4 is 20.1 Å². The number of carbonyl (C=O) groups is 2. The summed E-state index contributed by atoms with van der Waals surface area (Å²) in [5, 5.41) is 12.8. The van der Waals surface area contributed by atoms with Crippen molar-refractivity contribution in [3.05, 3.63) is 78.1 Å². The Morgan fingerprint density at radius 1 is 1.15 bits per heavy atom. The van der Waals surface area contributed by atoms with Gasteiger partial charge < -0.3 is 30.0 Å². The number of fused-ring (bicyclic) bond motifs is 1. The normalized spacial score (nSPS) is 14.3. The molecule has 0 spiro atoms. The van der Waals surface area contributed by atoms with Crippen molar-refractivity contribution in [1.29, 1.82) is 0 Å². The SMILES string of the molecule is CN(C)CCOc1cc(-c2cn[nH]c2)ccc1NC(=O)C1COc2ccc(C(=O)NCCc3cnc[nH]3)cc2C1. The van der Waals surface area contributed by atoms with Crippen LogP contribution in [0.4, 0.5) is 5.69 Å². The molecule has 5 rings (SSSR count). The van der Waals surface area contributed by atoms with Gasteiger partial charge in [-0.05, 0) is 62.0 Å². The quantitative estimate of drug-likeness (QED) is 0.228. The van der Waals surface area contributed by atoms with Gasteiger partial charge in [-0.15, -0.1) is 0 Å². The molecule has 4 aromatic rings. The summed E-state index contributed by atoms with van der Waals surface area (Å²) in [6, 6.07) is 11.0. The monoisotopic (exact) mass is 543 g/mol. The summed E-state index contributed by atoms with van der Waals surface area (Å²) in [4.78, 5) is 35.1. The molecule has 1 aliphatic rings. The van der Waals surface area contributed by atoms with Gasteiger partial charge in [-0.2, -0.15) is 5.10 Å². The van der Waals surface area contributed by atoms with Gasteiger partial charge in [0, 0.05) is 48.7 Å². The van der Waals surface area contributed by atoms with Crippen molar-refractivity contribution in [2.45, 2.75) is 12.8 Å². The minimum absolute atomic E-state index is 0.173. The summed E-state index contributed by atoms with van der Waals surface area (Å²) in [5.74, 6) is 0.504. The zero-order chi connectivity index (χ0) is 27.9. The lowest BCUT2D eigenvalue weighted by Gasteiger charge is -2.25. The fourth-order valence-electron chi connectivity index (χ4n) is 4.44. The molecule has 1 aliphatic heterocycles. The maximum Gasteiger partial charge on any atom is 0.251 e. The first-order valence-electron chi connectivity index (χ1n) is 13.2. The largest absolute Gasteiger partial charge is 0.492 e. The molecule has 40 heavy (non-hydrogen) atoms. The van der Waals surface area contributed by atoms with Crippen molar-refractivity contribution in [2.75, 3.05) is 45.7 Å². The van der Waals surface area contributed by atoms with Crippen molar-refractivity contribution in [2.24, 2.45) is 5.92 Å². The number of amides is 2. The van der Waals surface area contributed by atoms with E-state index in [9.17, 15) is 9.59 Å². The number of likely N-dealkylation sites (N-methyl/N-ethyl adjacent to an activating group) is 1. The predicted octanol–water partition coefficient (Wildman–Crippen LogP) is 2.90. The lowest BCUT2D eigenvalue weighted by atomic mass is 9.94. The Bertz CT molecular complexity index is 1430. The second-order valence-electron chi connectivity index (χ2n) is 9.96. The number of hydrogen-bond acceptors (Lipinski definition) is 7. The van der Waals surface area contributed by atoms with Gasteiger partial charge in [-0.3, -0.25) is 14.7 Å². The average Bonchev–Trinajstić information content (AvgIpc) is 3.68. The highest BCUT2D eigenvalue weighted by molar-refractivity contribution is 5.96. The summed E-state index contributed by atoms with van der Waals surface area (Å²) in [7, 11) is 3.95. The first-order valence-corrected chi connectivity index (χ1v) is 13.2. The van der Waals surface area contributed by atoms with Crippen LogP contribution in [0.25, 0.3) is 11.1 Å². The lowest BCUT2D eigenvalue weighted by Crippen LogP contribution is -2.33. The number of rotatable bonds is 11. The Hall–Kier alpha value is -4.64. The number of aromatic amines is 2. The van der Waals surface area contributed by atoms with Gasteiger partial charge in [0.25, 0.3) is 5.91 Å². The second-order valence-corrected chi connectivity index (χ2v) is 9.96. The van der Waals surface area contributed by atoms with Crippen LogP contribution in [0.3, 0.4) is 0 Å². The molecular formula is C29H33N7O4. The third kappa shape index (κ3) is 6.67. The van der Waals surface area contributed by atoms with Gasteiger partial charge in [-0.25, -0.2) is 4.98 Å². The Labute approximate surface area is 232 Å². The van der Waals surface area contributed by atoms with E-state index in [1.807, 2.05) is 43.4 Å². The van der Waals surface area contributed by atoms with E-state index in [1.54, 1.807) is 36.9 Å².